The third-order valence-corrected chi connectivity index (χ3v) is 4.62. The van der Waals surface area contributed by atoms with Gasteiger partial charge in [0, 0.05) is 25.2 Å². The van der Waals surface area contributed by atoms with Crippen LogP contribution in [0.15, 0.2) is 42.5 Å². The van der Waals surface area contributed by atoms with Crippen molar-refractivity contribution in [2.24, 2.45) is 0 Å². The topological polar surface area (TPSA) is 40.6 Å². The Morgan fingerprint density at radius 1 is 1.08 bits per heavy atom. The second kappa shape index (κ2) is 7.05. The van der Waals surface area contributed by atoms with E-state index in [1.165, 1.54) is 34.2 Å². The van der Waals surface area contributed by atoms with Crippen molar-refractivity contribution in [2.75, 3.05) is 19.6 Å². The zero-order chi connectivity index (χ0) is 18.0. The van der Waals surface area contributed by atoms with Crippen LogP contribution in [0.3, 0.4) is 0 Å². The summed E-state index contributed by atoms with van der Waals surface area (Å²) < 4.78 is 13.3. The SMILES string of the molecule is Cc1ccc(CN2CCN(C(=O)c3cccc(F)c3)CC2=O)cc1C. The number of carbonyl (C=O) groups excluding carboxylic acids is 2. The van der Waals surface area contributed by atoms with Gasteiger partial charge >= 0.3 is 0 Å². The smallest absolute Gasteiger partial charge is 0.254 e. The van der Waals surface area contributed by atoms with Crippen LogP contribution in [0.5, 0.6) is 0 Å². The lowest BCUT2D eigenvalue weighted by Gasteiger charge is -2.34. The van der Waals surface area contributed by atoms with E-state index >= 15 is 0 Å². The first-order valence-electron chi connectivity index (χ1n) is 8.33. The van der Waals surface area contributed by atoms with E-state index in [4.69, 9.17) is 0 Å². The average molecular weight is 340 g/mol. The van der Waals surface area contributed by atoms with Gasteiger partial charge < -0.3 is 9.80 Å². The lowest BCUT2D eigenvalue weighted by atomic mass is 10.1. The van der Waals surface area contributed by atoms with Crippen LogP contribution < -0.4 is 0 Å². The molecule has 130 valence electrons. The largest absolute Gasteiger partial charge is 0.335 e. The number of hydrogen-bond donors (Lipinski definition) is 0. The predicted molar refractivity (Wildman–Crippen MR) is 93.6 cm³/mol. The van der Waals surface area contributed by atoms with Crippen LogP contribution in [0.1, 0.15) is 27.0 Å². The Morgan fingerprint density at radius 3 is 2.56 bits per heavy atom. The first-order valence-corrected chi connectivity index (χ1v) is 8.33. The molecular formula is C20H21FN2O2. The van der Waals surface area contributed by atoms with E-state index in [0.717, 1.165) is 5.56 Å². The summed E-state index contributed by atoms with van der Waals surface area (Å²) in [6, 6.07) is 11.7. The zero-order valence-electron chi connectivity index (χ0n) is 14.5. The van der Waals surface area contributed by atoms with Gasteiger partial charge in [-0.3, -0.25) is 9.59 Å². The molecule has 1 aliphatic heterocycles. The number of aryl methyl sites for hydroxylation is 2. The Hall–Kier alpha value is -2.69. The summed E-state index contributed by atoms with van der Waals surface area (Å²) >= 11 is 0. The Bertz CT molecular complexity index is 819. The quantitative estimate of drug-likeness (QED) is 0.862. The van der Waals surface area contributed by atoms with Crippen molar-refractivity contribution in [3.63, 3.8) is 0 Å². The second-order valence-corrected chi connectivity index (χ2v) is 6.47. The molecule has 0 radical (unpaired) electrons. The summed E-state index contributed by atoms with van der Waals surface area (Å²) in [6.07, 6.45) is 0. The van der Waals surface area contributed by atoms with Gasteiger partial charge in [-0.25, -0.2) is 4.39 Å². The lowest BCUT2D eigenvalue weighted by molar-refractivity contribution is -0.135. The first-order chi connectivity index (χ1) is 11.9. The Morgan fingerprint density at radius 2 is 1.88 bits per heavy atom. The highest BCUT2D eigenvalue weighted by Crippen LogP contribution is 2.15. The van der Waals surface area contributed by atoms with Gasteiger partial charge in [-0.2, -0.15) is 0 Å². The van der Waals surface area contributed by atoms with Gasteiger partial charge in [0.15, 0.2) is 0 Å². The minimum Gasteiger partial charge on any atom is -0.335 e. The van der Waals surface area contributed by atoms with Crippen LogP contribution >= 0.6 is 0 Å². The second-order valence-electron chi connectivity index (χ2n) is 6.47. The molecule has 5 heteroatoms. The van der Waals surface area contributed by atoms with E-state index in [1.54, 1.807) is 11.0 Å². The van der Waals surface area contributed by atoms with Gasteiger partial charge in [0.1, 0.15) is 12.4 Å². The predicted octanol–water partition coefficient (Wildman–Crippen LogP) is 2.93. The maximum absolute atomic E-state index is 13.3. The van der Waals surface area contributed by atoms with Gasteiger partial charge in [0.25, 0.3) is 5.91 Å². The van der Waals surface area contributed by atoms with Crippen LogP contribution in [-0.4, -0.2) is 41.2 Å². The fourth-order valence-corrected chi connectivity index (χ4v) is 2.98. The van der Waals surface area contributed by atoms with E-state index in [0.29, 0.717) is 19.6 Å². The molecule has 0 saturated carbocycles. The molecule has 1 saturated heterocycles. The van der Waals surface area contributed by atoms with Crippen molar-refractivity contribution >= 4 is 11.8 Å². The highest BCUT2D eigenvalue weighted by Gasteiger charge is 2.27. The van der Waals surface area contributed by atoms with Gasteiger partial charge in [0.2, 0.25) is 5.91 Å². The number of rotatable bonds is 3. The molecule has 3 rings (SSSR count). The number of halogens is 1. The van der Waals surface area contributed by atoms with Crippen molar-refractivity contribution < 1.29 is 14.0 Å². The molecule has 0 N–H and O–H groups in total. The van der Waals surface area contributed by atoms with Crippen molar-refractivity contribution in [1.82, 2.24) is 9.80 Å². The maximum atomic E-state index is 13.3. The van der Waals surface area contributed by atoms with Crippen molar-refractivity contribution in [1.29, 1.82) is 0 Å². The van der Waals surface area contributed by atoms with Gasteiger partial charge in [-0.05, 0) is 48.7 Å². The molecule has 4 nitrogen and oxygen atoms in total. The van der Waals surface area contributed by atoms with Crippen molar-refractivity contribution in [2.45, 2.75) is 20.4 Å². The molecule has 25 heavy (non-hydrogen) atoms. The minimum atomic E-state index is -0.453. The molecule has 0 atom stereocenters. The Balaban J connectivity index is 1.65. The van der Waals surface area contributed by atoms with Crippen LogP contribution in [0.25, 0.3) is 0 Å². The van der Waals surface area contributed by atoms with E-state index in [1.807, 2.05) is 6.07 Å². The minimum absolute atomic E-state index is 0.0280. The van der Waals surface area contributed by atoms with E-state index in [9.17, 15) is 14.0 Å². The van der Waals surface area contributed by atoms with E-state index in [-0.39, 0.29) is 23.9 Å². The molecule has 0 aromatic heterocycles. The summed E-state index contributed by atoms with van der Waals surface area (Å²) in [5.41, 5.74) is 3.78. The fourth-order valence-electron chi connectivity index (χ4n) is 2.98. The summed E-state index contributed by atoms with van der Waals surface area (Å²) in [6.45, 7) is 5.61. The van der Waals surface area contributed by atoms with Crippen LogP contribution in [-0.2, 0) is 11.3 Å². The van der Waals surface area contributed by atoms with Crippen LogP contribution in [0.4, 0.5) is 4.39 Å². The van der Waals surface area contributed by atoms with E-state index in [2.05, 4.69) is 26.0 Å². The molecule has 1 heterocycles. The molecule has 0 unspecified atom stereocenters. The third-order valence-electron chi connectivity index (χ3n) is 4.62. The standard InChI is InChI=1S/C20H21FN2O2/c1-14-6-7-16(10-15(14)2)12-22-8-9-23(13-19(22)24)20(25)17-4-3-5-18(21)11-17/h3-7,10-11H,8-9,12-13H2,1-2H3. The molecule has 1 fully saturated rings. The first kappa shape index (κ1) is 17.1. The third kappa shape index (κ3) is 3.87. The van der Waals surface area contributed by atoms with E-state index < -0.39 is 5.82 Å². The number of benzene rings is 2. The summed E-state index contributed by atoms with van der Waals surface area (Å²) in [5, 5.41) is 0. The lowest BCUT2D eigenvalue weighted by Crippen LogP contribution is -2.51. The monoisotopic (exact) mass is 340 g/mol. The molecule has 2 aromatic carbocycles. The molecule has 0 bridgehead atoms. The number of nitrogens with zero attached hydrogens (tertiary/aromatic N) is 2. The highest BCUT2D eigenvalue weighted by atomic mass is 19.1. The van der Waals surface area contributed by atoms with Crippen molar-refractivity contribution in [3.8, 4) is 0 Å². The normalized spacial score (nSPS) is 14.8. The van der Waals surface area contributed by atoms with Gasteiger partial charge in [-0.1, -0.05) is 24.3 Å². The molecule has 0 spiro atoms. The number of hydrogen-bond acceptors (Lipinski definition) is 2. The van der Waals surface area contributed by atoms with Crippen LogP contribution in [0.2, 0.25) is 0 Å². The zero-order valence-corrected chi connectivity index (χ0v) is 14.5. The van der Waals surface area contributed by atoms with Gasteiger partial charge in [0.05, 0.1) is 0 Å². The molecule has 0 aliphatic carbocycles. The molecule has 2 aromatic rings. The highest BCUT2D eigenvalue weighted by molar-refractivity contribution is 5.97. The molecule has 1 aliphatic rings. The summed E-state index contributed by atoms with van der Waals surface area (Å²) in [4.78, 5) is 28.1. The number of piperazine rings is 1. The summed E-state index contributed by atoms with van der Waals surface area (Å²) in [5.74, 6) is -0.849. The maximum Gasteiger partial charge on any atom is 0.254 e. The molecular weight excluding hydrogens is 319 g/mol. The number of amides is 2. The Labute approximate surface area is 146 Å². The average Bonchev–Trinajstić information content (AvgIpc) is 2.59. The number of carbonyl (C=O) groups is 2. The molecule has 2 amide bonds. The fraction of sp³-hybridized carbons (Fsp3) is 0.300. The van der Waals surface area contributed by atoms with Gasteiger partial charge in [-0.15, -0.1) is 0 Å². The Kier molecular flexibility index (Phi) is 4.83. The summed E-state index contributed by atoms with van der Waals surface area (Å²) in [7, 11) is 0. The van der Waals surface area contributed by atoms with Crippen LogP contribution in [0, 0.1) is 19.7 Å². The van der Waals surface area contributed by atoms with Crippen molar-refractivity contribution in [3.05, 3.63) is 70.5 Å².